The van der Waals surface area contributed by atoms with Crippen LogP contribution in [0.25, 0.3) is 10.8 Å². The number of benzene rings is 3. The van der Waals surface area contributed by atoms with Gasteiger partial charge in [0.25, 0.3) is 0 Å². The Hall–Kier alpha value is -2.06. The van der Waals surface area contributed by atoms with Crippen LogP contribution < -0.4 is 5.32 Å². The summed E-state index contributed by atoms with van der Waals surface area (Å²) in [7, 11) is 0. The van der Waals surface area contributed by atoms with Crippen molar-refractivity contribution in [1.82, 2.24) is 0 Å². The highest BCUT2D eigenvalue weighted by atomic mass is 35.5. The summed E-state index contributed by atoms with van der Waals surface area (Å²) in [6.45, 7) is 0.673. The lowest BCUT2D eigenvalue weighted by molar-refractivity contribution is 0.628. The molecule has 0 aliphatic rings. The summed E-state index contributed by atoms with van der Waals surface area (Å²) in [5.41, 5.74) is 1.98. The van der Waals surface area contributed by atoms with Gasteiger partial charge in [0.1, 0.15) is 5.82 Å². The topological polar surface area (TPSA) is 12.0 Å². The monoisotopic (exact) mass is 285 g/mol. The van der Waals surface area contributed by atoms with Crippen LogP contribution in [0.15, 0.2) is 60.7 Å². The van der Waals surface area contributed by atoms with Gasteiger partial charge >= 0.3 is 0 Å². The molecule has 0 spiro atoms. The summed E-state index contributed by atoms with van der Waals surface area (Å²) < 4.78 is 13.1. The van der Waals surface area contributed by atoms with E-state index in [4.69, 9.17) is 11.6 Å². The normalized spacial score (nSPS) is 10.7. The van der Waals surface area contributed by atoms with E-state index in [0.717, 1.165) is 5.69 Å². The van der Waals surface area contributed by atoms with Gasteiger partial charge in [0.15, 0.2) is 0 Å². The maximum Gasteiger partial charge on any atom is 0.141 e. The molecule has 0 saturated carbocycles. The minimum absolute atomic E-state index is 0.133. The summed E-state index contributed by atoms with van der Waals surface area (Å²) in [4.78, 5) is 0. The minimum Gasteiger partial charge on any atom is -0.381 e. The second-order valence-corrected chi connectivity index (χ2v) is 5.07. The van der Waals surface area contributed by atoms with Crippen molar-refractivity contribution in [3.63, 3.8) is 0 Å². The van der Waals surface area contributed by atoms with Crippen LogP contribution in [-0.4, -0.2) is 0 Å². The Morgan fingerprint density at radius 3 is 2.50 bits per heavy atom. The number of hydrogen-bond donors (Lipinski definition) is 1. The fourth-order valence-electron chi connectivity index (χ4n) is 2.16. The van der Waals surface area contributed by atoms with Gasteiger partial charge in [-0.05, 0) is 40.6 Å². The molecule has 20 heavy (non-hydrogen) atoms. The van der Waals surface area contributed by atoms with Gasteiger partial charge in [0.2, 0.25) is 0 Å². The van der Waals surface area contributed by atoms with Gasteiger partial charge in [0, 0.05) is 12.2 Å². The Kier molecular flexibility index (Phi) is 3.57. The quantitative estimate of drug-likeness (QED) is 0.693. The molecule has 3 aromatic rings. The molecule has 100 valence electrons. The zero-order valence-electron chi connectivity index (χ0n) is 10.7. The first kappa shape index (κ1) is 12.9. The zero-order chi connectivity index (χ0) is 13.9. The van der Waals surface area contributed by atoms with E-state index in [9.17, 15) is 4.39 Å². The fourth-order valence-corrected chi connectivity index (χ4v) is 2.34. The summed E-state index contributed by atoms with van der Waals surface area (Å²) in [6.07, 6.45) is 0. The number of nitrogens with one attached hydrogen (secondary N) is 1. The Balaban J connectivity index is 1.77. The fraction of sp³-hybridized carbons (Fsp3) is 0.0588. The molecule has 0 heterocycles. The van der Waals surface area contributed by atoms with Crippen molar-refractivity contribution in [2.75, 3.05) is 5.32 Å². The van der Waals surface area contributed by atoms with Gasteiger partial charge in [-0.3, -0.25) is 0 Å². The Bertz CT molecular complexity index is 755. The lowest BCUT2D eigenvalue weighted by Gasteiger charge is -2.08. The molecule has 0 fully saturated rings. The second-order valence-electron chi connectivity index (χ2n) is 4.66. The van der Waals surface area contributed by atoms with E-state index in [1.165, 1.54) is 22.4 Å². The van der Waals surface area contributed by atoms with Crippen LogP contribution in [0.5, 0.6) is 0 Å². The van der Waals surface area contributed by atoms with E-state index in [-0.39, 0.29) is 5.02 Å². The van der Waals surface area contributed by atoms with Crippen molar-refractivity contribution in [2.45, 2.75) is 6.54 Å². The molecule has 0 saturated heterocycles. The molecule has 0 radical (unpaired) electrons. The molecule has 0 atom stereocenters. The third kappa shape index (κ3) is 2.75. The van der Waals surface area contributed by atoms with Crippen LogP contribution in [0.4, 0.5) is 10.1 Å². The van der Waals surface area contributed by atoms with E-state index >= 15 is 0 Å². The van der Waals surface area contributed by atoms with Crippen LogP contribution in [0, 0.1) is 5.82 Å². The van der Waals surface area contributed by atoms with Crippen molar-refractivity contribution in [3.05, 3.63) is 77.1 Å². The van der Waals surface area contributed by atoms with Crippen molar-refractivity contribution < 1.29 is 4.39 Å². The zero-order valence-corrected chi connectivity index (χ0v) is 11.5. The Morgan fingerprint density at radius 1 is 0.900 bits per heavy atom. The predicted molar refractivity (Wildman–Crippen MR) is 82.7 cm³/mol. The molecule has 0 aliphatic carbocycles. The maximum atomic E-state index is 13.1. The van der Waals surface area contributed by atoms with E-state index < -0.39 is 5.82 Å². The van der Waals surface area contributed by atoms with Crippen LogP contribution in [0.1, 0.15) is 5.56 Å². The maximum absolute atomic E-state index is 13.1. The lowest BCUT2D eigenvalue weighted by Crippen LogP contribution is -1.99. The third-order valence-electron chi connectivity index (χ3n) is 3.23. The number of anilines is 1. The summed E-state index contributed by atoms with van der Waals surface area (Å²) in [5.74, 6) is -0.400. The first-order chi connectivity index (χ1) is 9.72. The van der Waals surface area contributed by atoms with Crippen LogP contribution in [0.2, 0.25) is 5.02 Å². The summed E-state index contributed by atoms with van der Waals surface area (Å²) in [6, 6.07) is 19.2. The molecule has 0 bridgehead atoms. The summed E-state index contributed by atoms with van der Waals surface area (Å²) in [5, 5.41) is 5.81. The average molecular weight is 286 g/mol. The number of hydrogen-bond acceptors (Lipinski definition) is 1. The van der Waals surface area contributed by atoms with Gasteiger partial charge in [0.05, 0.1) is 5.02 Å². The van der Waals surface area contributed by atoms with E-state index in [2.05, 4.69) is 35.6 Å². The van der Waals surface area contributed by atoms with Crippen LogP contribution in [-0.2, 0) is 6.54 Å². The van der Waals surface area contributed by atoms with Gasteiger partial charge in [-0.2, -0.15) is 0 Å². The highest BCUT2D eigenvalue weighted by Crippen LogP contribution is 2.21. The summed E-state index contributed by atoms with van der Waals surface area (Å²) >= 11 is 5.76. The highest BCUT2D eigenvalue weighted by molar-refractivity contribution is 6.31. The van der Waals surface area contributed by atoms with Crippen molar-refractivity contribution in [2.24, 2.45) is 0 Å². The van der Waals surface area contributed by atoms with Crippen LogP contribution in [0.3, 0.4) is 0 Å². The van der Waals surface area contributed by atoms with Gasteiger partial charge < -0.3 is 5.32 Å². The smallest absolute Gasteiger partial charge is 0.141 e. The van der Waals surface area contributed by atoms with Gasteiger partial charge in [-0.15, -0.1) is 0 Å². The standard InChI is InChI=1S/C17H13ClFN/c18-16-10-15(7-8-17(16)19)20-11-12-5-6-13-3-1-2-4-14(13)9-12/h1-10,20H,11H2. The molecule has 1 nitrogen and oxygen atoms in total. The largest absolute Gasteiger partial charge is 0.381 e. The van der Waals surface area contributed by atoms with E-state index in [1.54, 1.807) is 12.1 Å². The Labute approximate surface area is 122 Å². The number of halogens is 2. The average Bonchev–Trinajstić information content (AvgIpc) is 2.48. The number of fused-ring (bicyclic) bond motifs is 1. The molecular formula is C17H13ClFN. The molecule has 0 unspecified atom stereocenters. The minimum atomic E-state index is -0.400. The lowest BCUT2D eigenvalue weighted by atomic mass is 10.1. The molecule has 3 heteroatoms. The van der Waals surface area contributed by atoms with Gasteiger partial charge in [-0.1, -0.05) is 48.0 Å². The molecule has 0 aromatic heterocycles. The number of rotatable bonds is 3. The van der Waals surface area contributed by atoms with Gasteiger partial charge in [-0.25, -0.2) is 4.39 Å². The first-order valence-electron chi connectivity index (χ1n) is 6.39. The third-order valence-corrected chi connectivity index (χ3v) is 3.52. The van der Waals surface area contributed by atoms with Crippen molar-refractivity contribution in [1.29, 1.82) is 0 Å². The SMILES string of the molecule is Fc1ccc(NCc2ccc3ccccc3c2)cc1Cl. The molecular weight excluding hydrogens is 273 g/mol. The van der Waals surface area contributed by atoms with E-state index in [0.29, 0.717) is 6.54 Å². The second kappa shape index (κ2) is 5.51. The molecule has 1 N–H and O–H groups in total. The molecule has 0 aliphatic heterocycles. The van der Waals surface area contributed by atoms with E-state index in [1.807, 2.05) is 12.1 Å². The molecule has 3 rings (SSSR count). The first-order valence-corrected chi connectivity index (χ1v) is 6.77. The van der Waals surface area contributed by atoms with Crippen molar-refractivity contribution in [3.8, 4) is 0 Å². The van der Waals surface area contributed by atoms with Crippen molar-refractivity contribution >= 4 is 28.1 Å². The Morgan fingerprint density at radius 2 is 1.70 bits per heavy atom. The predicted octanol–water partition coefficient (Wildman–Crippen LogP) is 5.24. The highest BCUT2D eigenvalue weighted by Gasteiger charge is 2.01. The molecule has 0 amide bonds. The molecule has 3 aromatic carbocycles. The van der Waals surface area contributed by atoms with Crippen LogP contribution >= 0.6 is 11.6 Å².